The Morgan fingerprint density at radius 3 is 1.10 bits per heavy atom. The van der Waals surface area contributed by atoms with Crippen molar-refractivity contribution >= 4 is 75.3 Å². The summed E-state index contributed by atoms with van der Waals surface area (Å²) in [7, 11) is -3.90. The molecule has 0 aliphatic heterocycles. The van der Waals surface area contributed by atoms with Gasteiger partial charge in [0.15, 0.2) is 0 Å². The Bertz CT molecular complexity index is 3700. The molecule has 0 saturated heterocycles. The molecule has 0 aliphatic rings. The topological polar surface area (TPSA) is 48.9 Å². The predicted octanol–water partition coefficient (Wildman–Crippen LogP) is 13.7. The molecule has 11 rings (SSSR count). The number of hydrogen-bond acceptors (Lipinski definition) is 2. The third-order valence-corrected chi connectivity index (χ3v) is 14.3. The van der Waals surface area contributed by atoms with E-state index in [0.717, 1.165) is 65.9 Å². The summed E-state index contributed by atoms with van der Waals surface area (Å²) in [6.45, 7) is 13.0. The molecule has 6 heteroatoms. The van der Waals surface area contributed by atoms with Crippen LogP contribution in [0.2, 0.25) is 0 Å². The summed E-state index contributed by atoms with van der Waals surface area (Å²) < 4.78 is 36.4. The Labute approximate surface area is 349 Å². The molecule has 3 aromatic heterocycles. The van der Waals surface area contributed by atoms with Crippen LogP contribution in [0.25, 0.3) is 82.5 Å². The number of fused-ring (bicyclic) bond motifs is 9. The van der Waals surface area contributed by atoms with E-state index in [1.165, 1.54) is 50.0 Å². The van der Waals surface area contributed by atoms with Gasteiger partial charge in [0, 0.05) is 38.0 Å². The van der Waals surface area contributed by atoms with Crippen LogP contribution in [0, 0.1) is 41.5 Å². The van der Waals surface area contributed by atoms with Crippen molar-refractivity contribution in [1.82, 2.24) is 13.7 Å². The predicted molar refractivity (Wildman–Crippen MR) is 250 cm³/mol. The quantitative estimate of drug-likeness (QED) is 0.174. The highest BCUT2D eigenvalue weighted by Gasteiger charge is 2.24. The summed E-state index contributed by atoms with van der Waals surface area (Å²) in [5, 5.41) is 6.17. The summed E-state index contributed by atoms with van der Waals surface area (Å²) in [5.74, 6) is 0. The zero-order valence-corrected chi connectivity index (χ0v) is 35.3. The SMILES string of the molecule is Cc1cc(C)c(-n2c3ccccc3c3cc(-n4c5ccccc5c5cc(S(=O)(=O)c6ccc7c(c6)c6ccccc6n7-c6c(C)cc(C)cc6C)ccc54)ccc32)c(C)c1. The third-order valence-electron chi connectivity index (χ3n) is 12.5. The molecule has 0 amide bonds. The largest absolute Gasteiger partial charge is 0.309 e. The summed E-state index contributed by atoms with van der Waals surface area (Å²) in [5.41, 5.74) is 17.0. The summed E-state index contributed by atoms with van der Waals surface area (Å²) in [4.78, 5) is 0.549. The molecule has 60 heavy (non-hydrogen) atoms. The van der Waals surface area contributed by atoms with Crippen LogP contribution < -0.4 is 0 Å². The van der Waals surface area contributed by atoms with E-state index in [4.69, 9.17) is 0 Å². The average Bonchev–Trinajstić information content (AvgIpc) is 3.85. The van der Waals surface area contributed by atoms with Crippen molar-refractivity contribution in [2.45, 2.75) is 51.3 Å². The van der Waals surface area contributed by atoms with Crippen LogP contribution >= 0.6 is 0 Å². The van der Waals surface area contributed by atoms with Crippen LogP contribution in [0.15, 0.2) is 161 Å². The molecule has 3 heterocycles. The Balaban J connectivity index is 1.07. The molecule has 0 N–H and O–H groups in total. The highest BCUT2D eigenvalue weighted by Crippen LogP contribution is 2.41. The summed E-state index contributed by atoms with van der Waals surface area (Å²) >= 11 is 0. The number of sulfone groups is 1. The van der Waals surface area contributed by atoms with E-state index in [2.05, 4.69) is 146 Å². The summed E-state index contributed by atoms with van der Waals surface area (Å²) in [6, 6.07) is 52.1. The highest BCUT2D eigenvalue weighted by molar-refractivity contribution is 7.91. The highest BCUT2D eigenvalue weighted by atomic mass is 32.2. The second-order valence-corrected chi connectivity index (χ2v) is 18.6. The van der Waals surface area contributed by atoms with Gasteiger partial charge in [-0.3, -0.25) is 0 Å². The number of para-hydroxylation sites is 3. The fourth-order valence-corrected chi connectivity index (χ4v) is 11.6. The maximum Gasteiger partial charge on any atom is 0.206 e. The lowest BCUT2D eigenvalue weighted by Crippen LogP contribution is -2.03. The van der Waals surface area contributed by atoms with Crippen molar-refractivity contribution in [1.29, 1.82) is 0 Å². The van der Waals surface area contributed by atoms with Crippen molar-refractivity contribution in [2.24, 2.45) is 0 Å². The van der Waals surface area contributed by atoms with Crippen LogP contribution in [0.5, 0.6) is 0 Å². The van der Waals surface area contributed by atoms with Crippen LogP contribution in [0.3, 0.4) is 0 Å². The maximum absolute atomic E-state index is 14.7. The van der Waals surface area contributed by atoms with Gasteiger partial charge in [-0.25, -0.2) is 8.42 Å². The van der Waals surface area contributed by atoms with Crippen molar-refractivity contribution < 1.29 is 8.42 Å². The van der Waals surface area contributed by atoms with Gasteiger partial charge in [-0.2, -0.15) is 0 Å². The zero-order valence-electron chi connectivity index (χ0n) is 34.5. The monoisotopic (exact) mass is 797 g/mol. The molecular weight excluding hydrogens is 755 g/mol. The number of aromatic nitrogens is 3. The van der Waals surface area contributed by atoms with Crippen molar-refractivity contribution in [3.63, 3.8) is 0 Å². The van der Waals surface area contributed by atoms with Gasteiger partial charge in [0.05, 0.1) is 54.3 Å². The van der Waals surface area contributed by atoms with E-state index in [-0.39, 0.29) is 9.79 Å². The number of hydrogen-bond donors (Lipinski definition) is 0. The van der Waals surface area contributed by atoms with Gasteiger partial charge in [0.2, 0.25) is 9.84 Å². The minimum Gasteiger partial charge on any atom is -0.309 e. The molecule has 0 spiro atoms. The Hall–Kier alpha value is -6.89. The van der Waals surface area contributed by atoms with Crippen molar-refractivity contribution in [3.05, 3.63) is 185 Å². The van der Waals surface area contributed by atoms with Crippen LogP contribution in [-0.4, -0.2) is 22.1 Å². The Kier molecular flexibility index (Phi) is 7.88. The van der Waals surface area contributed by atoms with Gasteiger partial charge in [0.25, 0.3) is 0 Å². The molecule has 5 nitrogen and oxygen atoms in total. The van der Waals surface area contributed by atoms with Crippen LogP contribution in [0.4, 0.5) is 0 Å². The van der Waals surface area contributed by atoms with Gasteiger partial charge in [-0.1, -0.05) is 90.0 Å². The standard InChI is InChI=1S/C54H43N3O2S/c1-32-25-34(3)53(35(4)26-32)56-48-17-11-8-13-41(48)44-29-38(19-22-51(44)56)55-47-16-10-7-14-42(47)45-30-39(20-23-50(45)55)60(58,59)40-21-24-52-46(31-40)43-15-9-12-18-49(43)57(52)54-36(5)27-33(2)28-37(54)6/h7-31H,1-6H3. The first-order valence-corrected chi connectivity index (χ1v) is 22.0. The minimum atomic E-state index is -3.90. The molecule has 0 saturated carbocycles. The molecular formula is C54H43N3O2S. The molecule has 11 aromatic rings. The molecule has 8 aromatic carbocycles. The second kappa shape index (κ2) is 13.1. The molecule has 0 bridgehead atoms. The van der Waals surface area contributed by atoms with Gasteiger partial charge in [-0.15, -0.1) is 0 Å². The van der Waals surface area contributed by atoms with Crippen LogP contribution in [0.1, 0.15) is 33.4 Å². The maximum atomic E-state index is 14.7. The number of benzene rings is 8. The lowest BCUT2D eigenvalue weighted by atomic mass is 10.0. The molecule has 0 aliphatic carbocycles. The molecule has 0 atom stereocenters. The smallest absolute Gasteiger partial charge is 0.206 e. The van der Waals surface area contributed by atoms with E-state index in [1.807, 2.05) is 48.5 Å². The molecule has 0 unspecified atom stereocenters. The first-order chi connectivity index (χ1) is 29.0. The van der Waals surface area contributed by atoms with Gasteiger partial charge in [0.1, 0.15) is 0 Å². The average molecular weight is 798 g/mol. The number of rotatable bonds is 5. The van der Waals surface area contributed by atoms with Crippen LogP contribution in [-0.2, 0) is 9.84 Å². The number of nitrogens with zero attached hydrogens (tertiary/aromatic N) is 3. The zero-order chi connectivity index (χ0) is 41.2. The van der Waals surface area contributed by atoms with Gasteiger partial charge < -0.3 is 13.7 Å². The second-order valence-electron chi connectivity index (χ2n) is 16.6. The first-order valence-electron chi connectivity index (χ1n) is 20.5. The number of aryl methyl sites for hydroxylation is 6. The lowest BCUT2D eigenvalue weighted by Gasteiger charge is -2.16. The third kappa shape index (κ3) is 5.20. The van der Waals surface area contributed by atoms with E-state index >= 15 is 0 Å². The molecule has 0 radical (unpaired) electrons. The molecule has 0 fully saturated rings. The van der Waals surface area contributed by atoms with Crippen molar-refractivity contribution in [3.8, 4) is 17.1 Å². The van der Waals surface area contributed by atoms with Crippen molar-refractivity contribution in [2.75, 3.05) is 0 Å². The Morgan fingerprint density at radius 1 is 0.333 bits per heavy atom. The molecule has 292 valence electrons. The summed E-state index contributed by atoms with van der Waals surface area (Å²) in [6.07, 6.45) is 0. The van der Waals surface area contributed by atoms with Gasteiger partial charge >= 0.3 is 0 Å². The normalized spacial score (nSPS) is 12.3. The van der Waals surface area contributed by atoms with E-state index in [0.29, 0.717) is 0 Å². The Morgan fingerprint density at radius 2 is 0.667 bits per heavy atom. The van der Waals surface area contributed by atoms with E-state index < -0.39 is 9.84 Å². The van der Waals surface area contributed by atoms with E-state index in [9.17, 15) is 8.42 Å². The fourth-order valence-electron chi connectivity index (χ4n) is 10.3. The first kappa shape index (κ1) is 36.2. The minimum absolute atomic E-state index is 0.272. The van der Waals surface area contributed by atoms with E-state index in [1.54, 1.807) is 12.1 Å². The fraction of sp³-hybridized carbons (Fsp3) is 0.111. The van der Waals surface area contributed by atoms with Gasteiger partial charge in [-0.05, 0) is 137 Å². The lowest BCUT2D eigenvalue weighted by molar-refractivity contribution is 0.596.